The number of carboxylic acids is 1. The van der Waals surface area contributed by atoms with E-state index in [0.29, 0.717) is 5.56 Å². The maximum atomic E-state index is 10.9. The van der Waals surface area contributed by atoms with Crippen molar-refractivity contribution in [2.75, 3.05) is 0 Å². The average Bonchev–Trinajstić information content (AvgIpc) is 2.61. The Kier molecular flexibility index (Phi) is 8.55. The second-order valence-electron chi connectivity index (χ2n) is 4.87. The fourth-order valence-corrected chi connectivity index (χ4v) is 1.88. The molecule has 8 nitrogen and oxygen atoms in total. The van der Waals surface area contributed by atoms with Gasteiger partial charge in [-0.05, 0) is 36.4 Å². The van der Waals surface area contributed by atoms with E-state index in [1.165, 1.54) is 61.2 Å². The van der Waals surface area contributed by atoms with Gasteiger partial charge in [-0.1, -0.05) is 0 Å². The summed E-state index contributed by atoms with van der Waals surface area (Å²) in [4.78, 5) is 29.0. The molecule has 0 unspecified atom stereocenters. The number of phenols is 2. The van der Waals surface area contributed by atoms with Crippen LogP contribution in [0.2, 0.25) is 0 Å². The summed E-state index contributed by atoms with van der Waals surface area (Å²) >= 11 is 0. The van der Waals surface area contributed by atoms with Crippen molar-refractivity contribution >= 4 is 24.9 Å². The van der Waals surface area contributed by atoms with Gasteiger partial charge in [0.15, 0.2) is 0 Å². The van der Waals surface area contributed by atoms with Crippen LogP contribution in [0.1, 0.15) is 21.5 Å². The van der Waals surface area contributed by atoms with Crippen molar-refractivity contribution in [3.05, 3.63) is 65.5 Å². The molecule has 9 heteroatoms. The number of rotatable bonds is 7. The molecule has 0 aliphatic carbocycles. The summed E-state index contributed by atoms with van der Waals surface area (Å²) in [6, 6.07) is 8.06. The first-order valence-electron chi connectivity index (χ1n) is 7.22. The number of aromatic carboxylic acids is 1. The van der Waals surface area contributed by atoms with Gasteiger partial charge in [-0.25, -0.2) is 4.79 Å². The van der Waals surface area contributed by atoms with Gasteiger partial charge in [0.05, 0.1) is 5.56 Å². The molecule has 0 amide bonds. The van der Waals surface area contributed by atoms with E-state index in [1.54, 1.807) is 0 Å². The van der Waals surface area contributed by atoms with Crippen LogP contribution in [0.15, 0.2) is 58.8 Å². The Morgan fingerprint density at radius 2 is 1.48 bits per heavy atom. The fourth-order valence-electron chi connectivity index (χ4n) is 1.88. The monoisotopic (exact) mass is 418 g/mol. The number of aliphatic imine (C=N–C) groups is 2. The number of ether oxygens (including phenoxy) is 1. The summed E-state index contributed by atoms with van der Waals surface area (Å²) in [6.07, 6.45) is 5.25. The number of carboxylic acid groups (broad SMARTS) is 1. The van der Waals surface area contributed by atoms with E-state index in [-0.39, 0.29) is 54.3 Å². The number of phenolic OH excluding ortho intramolecular Hbond substituents is 2. The van der Waals surface area contributed by atoms with Crippen molar-refractivity contribution in [2.24, 2.45) is 9.98 Å². The van der Waals surface area contributed by atoms with Gasteiger partial charge >= 0.3 is 5.97 Å². The molecule has 0 spiro atoms. The van der Waals surface area contributed by atoms with Crippen LogP contribution in [-0.4, -0.2) is 40.2 Å². The van der Waals surface area contributed by atoms with Crippen molar-refractivity contribution in [1.29, 1.82) is 0 Å². The number of hydrogen-bond donors (Lipinski definition) is 3. The van der Waals surface area contributed by atoms with Gasteiger partial charge in [-0.3, -0.25) is 14.8 Å². The first-order valence-corrected chi connectivity index (χ1v) is 7.22. The third-order valence-corrected chi connectivity index (χ3v) is 3.12. The van der Waals surface area contributed by atoms with Gasteiger partial charge in [0.2, 0.25) is 0 Å². The maximum absolute atomic E-state index is 10.9. The van der Waals surface area contributed by atoms with Gasteiger partial charge in [-0.15, -0.1) is 0 Å². The van der Waals surface area contributed by atoms with E-state index in [0.717, 1.165) is 0 Å². The summed E-state index contributed by atoms with van der Waals surface area (Å²) in [7, 11) is 0. The number of hydrogen-bond acceptors (Lipinski definition) is 7. The molecule has 134 valence electrons. The van der Waals surface area contributed by atoms with E-state index in [1.807, 2.05) is 0 Å². The second kappa shape index (κ2) is 10.6. The van der Waals surface area contributed by atoms with Gasteiger partial charge in [-0.2, -0.15) is 0 Å². The zero-order valence-corrected chi connectivity index (χ0v) is 17.0. The molecule has 0 aliphatic rings. The molecule has 0 fully saturated rings. The molecule has 0 aromatic heterocycles. The van der Waals surface area contributed by atoms with Crippen molar-refractivity contribution in [1.82, 2.24) is 0 Å². The molecule has 0 bridgehead atoms. The second-order valence-corrected chi connectivity index (χ2v) is 4.87. The molecule has 0 aliphatic heterocycles. The Labute approximate surface area is 166 Å². The molecule has 0 saturated heterocycles. The summed E-state index contributed by atoms with van der Waals surface area (Å²) in [5.41, 5.74) is 0.610. The van der Waals surface area contributed by atoms with Crippen LogP contribution in [0.3, 0.4) is 0 Å². The topological polar surface area (TPSA) is 129 Å². The summed E-state index contributed by atoms with van der Waals surface area (Å²) in [6.45, 7) is 0.274. The van der Waals surface area contributed by atoms with Gasteiger partial charge in [0.25, 0.3) is 6.47 Å². The number of nitrogens with zero attached hydrogens (tertiary/aromatic N) is 2. The standard InChI is InChI=1S/C18H14N2O6.Zn/c21-11-26-15-2-4-17(23)14(8-15)10-20-6-5-19-9-13-7-12(18(24)25)1-3-16(13)22;/h1-11,22-23H,(H,24,25);/b6-5-,19-9?,20-10?;. The fraction of sp³-hybridized carbons (Fsp3) is 0. The van der Waals surface area contributed by atoms with Crippen LogP contribution in [0.5, 0.6) is 17.2 Å². The molecule has 3 N–H and O–H groups in total. The van der Waals surface area contributed by atoms with Crippen LogP contribution in [0.25, 0.3) is 0 Å². The van der Waals surface area contributed by atoms with Crippen LogP contribution in [0.4, 0.5) is 0 Å². The van der Waals surface area contributed by atoms with Crippen LogP contribution in [-0.2, 0) is 24.3 Å². The van der Waals surface area contributed by atoms with Crippen LogP contribution >= 0.6 is 0 Å². The minimum absolute atomic E-state index is 0. The summed E-state index contributed by atoms with van der Waals surface area (Å²) in [5, 5.41) is 28.3. The Balaban J connectivity index is 0.00000364. The molecule has 2 aromatic rings. The molecule has 27 heavy (non-hydrogen) atoms. The van der Waals surface area contributed by atoms with E-state index in [4.69, 9.17) is 5.11 Å². The Hall–Kier alpha value is -3.32. The molecular weight excluding hydrogens is 406 g/mol. The van der Waals surface area contributed by atoms with Crippen molar-refractivity contribution < 1.29 is 49.1 Å². The first-order chi connectivity index (χ1) is 12.5. The SMILES string of the molecule is O=COc1ccc(O)c(C=N/C=C\N=Cc2cc(C(=O)O)ccc2O)c1.[Zn]. The minimum atomic E-state index is -1.11. The summed E-state index contributed by atoms with van der Waals surface area (Å²) < 4.78 is 4.67. The third kappa shape index (κ3) is 6.48. The number of aromatic hydroxyl groups is 2. The Morgan fingerprint density at radius 1 is 0.926 bits per heavy atom. The van der Waals surface area contributed by atoms with Crippen molar-refractivity contribution in [3.63, 3.8) is 0 Å². The van der Waals surface area contributed by atoms with E-state index in [9.17, 15) is 19.8 Å². The van der Waals surface area contributed by atoms with E-state index in [2.05, 4.69) is 14.7 Å². The quantitative estimate of drug-likeness (QED) is 0.359. The molecule has 0 atom stereocenters. The van der Waals surface area contributed by atoms with Crippen molar-refractivity contribution in [3.8, 4) is 17.2 Å². The molecular formula is C18H14N2O6Zn. The third-order valence-electron chi connectivity index (χ3n) is 3.12. The molecule has 0 radical (unpaired) electrons. The zero-order valence-electron chi connectivity index (χ0n) is 14.0. The normalized spacial score (nSPS) is 11.0. The Morgan fingerprint density at radius 3 is 2.04 bits per heavy atom. The molecule has 2 aromatic carbocycles. The van der Waals surface area contributed by atoms with Crippen LogP contribution < -0.4 is 4.74 Å². The van der Waals surface area contributed by atoms with Crippen molar-refractivity contribution in [2.45, 2.75) is 0 Å². The van der Waals surface area contributed by atoms with Gasteiger partial charge in [0.1, 0.15) is 17.2 Å². The first kappa shape index (κ1) is 21.7. The summed E-state index contributed by atoms with van der Waals surface area (Å²) in [5.74, 6) is -0.998. The van der Waals surface area contributed by atoms with E-state index < -0.39 is 5.97 Å². The minimum Gasteiger partial charge on any atom is -0.507 e. The van der Waals surface area contributed by atoms with E-state index >= 15 is 0 Å². The largest absolute Gasteiger partial charge is 0.507 e. The van der Waals surface area contributed by atoms with Crippen LogP contribution in [0, 0.1) is 0 Å². The Bertz CT molecular complexity index is 909. The maximum Gasteiger partial charge on any atom is 0.335 e. The van der Waals surface area contributed by atoms with Gasteiger partial charge < -0.3 is 20.1 Å². The number of benzene rings is 2. The molecule has 0 heterocycles. The van der Waals surface area contributed by atoms with Gasteiger partial charge in [0, 0.05) is 55.4 Å². The predicted molar refractivity (Wildman–Crippen MR) is 94.2 cm³/mol. The average molecular weight is 420 g/mol. The predicted octanol–water partition coefficient (Wildman–Crippen LogP) is 2.34. The number of carbonyl (C=O) groups is 2. The zero-order chi connectivity index (χ0) is 18.9. The molecule has 2 rings (SSSR count). The smallest absolute Gasteiger partial charge is 0.335 e. The number of carbonyl (C=O) groups excluding carboxylic acids is 1. The molecule has 0 saturated carbocycles.